The Morgan fingerprint density at radius 1 is 1.37 bits per heavy atom. The van der Waals surface area contributed by atoms with Crippen LogP contribution in [0.15, 0.2) is 41.1 Å². The van der Waals surface area contributed by atoms with Crippen LogP contribution >= 0.6 is 15.9 Å². The van der Waals surface area contributed by atoms with Crippen molar-refractivity contribution in [3.05, 3.63) is 46.7 Å². The first-order valence-electron chi connectivity index (χ1n) is 6.68. The average Bonchev–Trinajstić information content (AvgIpc) is 2.83. The van der Waals surface area contributed by atoms with Crippen molar-refractivity contribution in [3.8, 4) is 5.69 Å². The van der Waals surface area contributed by atoms with Gasteiger partial charge < -0.3 is 5.32 Å². The first-order chi connectivity index (χ1) is 9.15. The molecule has 4 heteroatoms. The molecule has 2 rings (SSSR count). The van der Waals surface area contributed by atoms with Gasteiger partial charge in [0.05, 0.1) is 11.9 Å². The first kappa shape index (κ1) is 14.3. The topological polar surface area (TPSA) is 29.9 Å². The van der Waals surface area contributed by atoms with Gasteiger partial charge in [-0.1, -0.05) is 35.8 Å². The van der Waals surface area contributed by atoms with Crippen LogP contribution in [-0.4, -0.2) is 22.4 Å². The molecule has 3 nitrogen and oxygen atoms in total. The molecule has 0 spiro atoms. The van der Waals surface area contributed by atoms with E-state index in [4.69, 9.17) is 0 Å². The third kappa shape index (κ3) is 4.48. The van der Waals surface area contributed by atoms with E-state index in [9.17, 15) is 0 Å². The highest BCUT2D eigenvalue weighted by Crippen LogP contribution is 2.15. The van der Waals surface area contributed by atoms with Gasteiger partial charge in [0.25, 0.3) is 0 Å². The van der Waals surface area contributed by atoms with Gasteiger partial charge in [0.15, 0.2) is 0 Å². The van der Waals surface area contributed by atoms with Crippen molar-refractivity contribution in [1.82, 2.24) is 15.1 Å². The van der Waals surface area contributed by atoms with Gasteiger partial charge in [0.1, 0.15) is 0 Å². The second-order valence-electron chi connectivity index (χ2n) is 4.99. The van der Waals surface area contributed by atoms with Crippen molar-refractivity contribution < 1.29 is 0 Å². The van der Waals surface area contributed by atoms with Gasteiger partial charge in [-0.05, 0) is 43.1 Å². The minimum absolute atomic E-state index is 0.560. The molecule has 1 N–H and O–H groups in total. The van der Waals surface area contributed by atoms with Crippen LogP contribution in [0.5, 0.6) is 0 Å². The van der Waals surface area contributed by atoms with E-state index < -0.39 is 0 Å². The number of halogens is 1. The number of hydrogen-bond acceptors (Lipinski definition) is 2. The molecule has 1 heterocycles. The monoisotopic (exact) mass is 321 g/mol. The zero-order chi connectivity index (χ0) is 13.7. The maximum absolute atomic E-state index is 4.42. The summed E-state index contributed by atoms with van der Waals surface area (Å²) >= 11 is 3.48. The van der Waals surface area contributed by atoms with Gasteiger partial charge in [-0.2, -0.15) is 5.10 Å². The van der Waals surface area contributed by atoms with Crippen LogP contribution in [0.3, 0.4) is 0 Å². The predicted molar refractivity (Wildman–Crippen MR) is 82.7 cm³/mol. The summed E-state index contributed by atoms with van der Waals surface area (Å²) in [6, 6.07) is 8.72. The maximum Gasteiger partial charge on any atom is 0.0656 e. The summed E-state index contributed by atoms with van der Waals surface area (Å²) < 4.78 is 3.00. The Bertz CT molecular complexity index is 520. The molecule has 0 atom stereocenters. The maximum atomic E-state index is 4.42. The first-order valence-corrected chi connectivity index (χ1v) is 7.47. The van der Waals surface area contributed by atoms with E-state index in [1.165, 1.54) is 5.56 Å². The second-order valence-corrected chi connectivity index (χ2v) is 5.90. The summed E-state index contributed by atoms with van der Waals surface area (Å²) in [5, 5.41) is 7.85. The predicted octanol–water partition coefficient (Wildman–Crippen LogP) is 3.57. The van der Waals surface area contributed by atoms with E-state index in [-0.39, 0.29) is 0 Å². The zero-order valence-corrected chi connectivity index (χ0v) is 13.0. The number of nitrogens with zero attached hydrogens (tertiary/aromatic N) is 2. The molecule has 0 aliphatic rings. The SMILES string of the molecule is CC(C)NCCCc1cnn(-c2cccc(Br)c2)c1. The molecule has 0 saturated carbocycles. The number of hydrogen-bond donors (Lipinski definition) is 1. The summed E-state index contributed by atoms with van der Waals surface area (Å²) in [6.45, 7) is 5.40. The van der Waals surface area contributed by atoms with E-state index in [1.807, 2.05) is 23.0 Å². The number of rotatable bonds is 6. The Morgan fingerprint density at radius 2 is 2.21 bits per heavy atom. The summed E-state index contributed by atoms with van der Waals surface area (Å²) in [6.07, 6.45) is 6.27. The third-order valence-corrected chi connectivity index (χ3v) is 3.40. The molecule has 0 aliphatic carbocycles. The fraction of sp³-hybridized carbons (Fsp3) is 0.400. The largest absolute Gasteiger partial charge is 0.315 e. The molecule has 102 valence electrons. The minimum Gasteiger partial charge on any atom is -0.315 e. The van der Waals surface area contributed by atoms with Crippen molar-refractivity contribution in [1.29, 1.82) is 0 Å². The van der Waals surface area contributed by atoms with E-state index in [0.29, 0.717) is 6.04 Å². The summed E-state index contributed by atoms with van der Waals surface area (Å²) in [4.78, 5) is 0. The van der Waals surface area contributed by atoms with Crippen molar-refractivity contribution in [2.24, 2.45) is 0 Å². The van der Waals surface area contributed by atoms with Gasteiger partial charge in [-0.15, -0.1) is 0 Å². The van der Waals surface area contributed by atoms with Crippen molar-refractivity contribution in [2.75, 3.05) is 6.54 Å². The smallest absolute Gasteiger partial charge is 0.0656 e. The highest BCUT2D eigenvalue weighted by atomic mass is 79.9. The van der Waals surface area contributed by atoms with Crippen LogP contribution in [0.2, 0.25) is 0 Å². The molecule has 0 unspecified atom stereocenters. The molecule has 1 aromatic heterocycles. The molecule has 19 heavy (non-hydrogen) atoms. The fourth-order valence-electron chi connectivity index (χ4n) is 1.93. The molecular weight excluding hydrogens is 302 g/mol. The fourth-order valence-corrected chi connectivity index (χ4v) is 2.32. The number of aromatic nitrogens is 2. The number of benzene rings is 1. The lowest BCUT2D eigenvalue weighted by Gasteiger charge is -2.06. The quantitative estimate of drug-likeness (QED) is 0.824. The van der Waals surface area contributed by atoms with E-state index in [1.54, 1.807) is 0 Å². The van der Waals surface area contributed by atoms with Gasteiger partial charge in [0, 0.05) is 16.7 Å². The Hall–Kier alpha value is -1.13. The van der Waals surface area contributed by atoms with Gasteiger partial charge in [-0.25, -0.2) is 4.68 Å². The molecule has 1 aromatic carbocycles. The lowest BCUT2D eigenvalue weighted by molar-refractivity contribution is 0.570. The third-order valence-electron chi connectivity index (χ3n) is 2.90. The van der Waals surface area contributed by atoms with E-state index >= 15 is 0 Å². The number of aryl methyl sites for hydroxylation is 1. The second kappa shape index (κ2) is 6.87. The molecule has 0 aliphatic heterocycles. The van der Waals surface area contributed by atoms with Crippen LogP contribution < -0.4 is 5.32 Å². The standard InChI is InChI=1S/C15H20BrN3/c1-12(2)17-8-4-5-13-10-18-19(11-13)15-7-3-6-14(16)9-15/h3,6-7,9-12,17H,4-5,8H2,1-2H3. The van der Waals surface area contributed by atoms with Gasteiger partial charge in [0.2, 0.25) is 0 Å². The van der Waals surface area contributed by atoms with Crippen molar-refractivity contribution in [3.63, 3.8) is 0 Å². The molecule has 0 saturated heterocycles. The Balaban J connectivity index is 1.92. The normalized spacial score (nSPS) is 11.2. The van der Waals surface area contributed by atoms with Crippen LogP contribution in [0.1, 0.15) is 25.8 Å². The van der Waals surface area contributed by atoms with E-state index in [0.717, 1.165) is 29.5 Å². The molecule has 0 amide bonds. The Kier molecular flexibility index (Phi) is 5.16. The summed E-state index contributed by atoms with van der Waals surface area (Å²) in [5.41, 5.74) is 2.37. The average molecular weight is 322 g/mol. The van der Waals surface area contributed by atoms with Crippen LogP contribution in [0, 0.1) is 0 Å². The van der Waals surface area contributed by atoms with Crippen molar-refractivity contribution in [2.45, 2.75) is 32.7 Å². The molecule has 0 bridgehead atoms. The van der Waals surface area contributed by atoms with Crippen LogP contribution in [0.4, 0.5) is 0 Å². The molecule has 2 aromatic rings. The number of nitrogens with one attached hydrogen (secondary N) is 1. The lowest BCUT2D eigenvalue weighted by Crippen LogP contribution is -2.23. The zero-order valence-electron chi connectivity index (χ0n) is 11.4. The highest BCUT2D eigenvalue weighted by molar-refractivity contribution is 9.10. The minimum atomic E-state index is 0.560. The van der Waals surface area contributed by atoms with Gasteiger partial charge in [-0.3, -0.25) is 0 Å². The summed E-state index contributed by atoms with van der Waals surface area (Å²) in [7, 11) is 0. The van der Waals surface area contributed by atoms with Crippen molar-refractivity contribution >= 4 is 15.9 Å². The van der Waals surface area contributed by atoms with Crippen LogP contribution in [-0.2, 0) is 6.42 Å². The summed E-state index contributed by atoms with van der Waals surface area (Å²) in [5.74, 6) is 0. The molecule has 0 fully saturated rings. The van der Waals surface area contributed by atoms with E-state index in [2.05, 4.69) is 58.5 Å². The molecule has 0 radical (unpaired) electrons. The Labute approximate surface area is 123 Å². The lowest BCUT2D eigenvalue weighted by atomic mass is 10.2. The highest BCUT2D eigenvalue weighted by Gasteiger charge is 2.02. The van der Waals surface area contributed by atoms with Crippen LogP contribution in [0.25, 0.3) is 5.69 Å². The molecular formula is C15H20BrN3. The van der Waals surface area contributed by atoms with Gasteiger partial charge >= 0.3 is 0 Å². The Morgan fingerprint density at radius 3 is 2.95 bits per heavy atom.